The van der Waals surface area contributed by atoms with Crippen LogP contribution in [-0.2, 0) is 6.54 Å². The molecule has 1 unspecified atom stereocenters. The Hall–Kier alpha value is -1.11. The normalized spacial score (nSPS) is 12.5. The van der Waals surface area contributed by atoms with Crippen LogP contribution in [0.1, 0.15) is 18.9 Å². The number of halogens is 1. The molecule has 0 amide bonds. The van der Waals surface area contributed by atoms with Crippen molar-refractivity contribution >= 4 is 11.6 Å². The van der Waals surface area contributed by atoms with Crippen LogP contribution >= 0.6 is 11.6 Å². The van der Waals surface area contributed by atoms with E-state index in [1.54, 1.807) is 6.20 Å². The van der Waals surface area contributed by atoms with Gasteiger partial charge in [0.25, 0.3) is 0 Å². The van der Waals surface area contributed by atoms with Crippen LogP contribution in [0.5, 0.6) is 0 Å². The Bertz CT molecular complexity index is 359. The van der Waals surface area contributed by atoms with Crippen LogP contribution in [0.2, 0.25) is 5.15 Å². The van der Waals surface area contributed by atoms with E-state index in [0.717, 1.165) is 12.1 Å². The van der Waals surface area contributed by atoms with Crippen molar-refractivity contribution in [3.63, 3.8) is 0 Å². The Labute approximate surface area is 95.3 Å². The van der Waals surface area contributed by atoms with Crippen LogP contribution < -0.4 is 0 Å². The van der Waals surface area contributed by atoms with Gasteiger partial charge < -0.3 is 0 Å². The minimum Gasteiger partial charge on any atom is -0.298 e. The lowest BCUT2D eigenvalue weighted by Gasteiger charge is -2.22. The fourth-order valence-corrected chi connectivity index (χ4v) is 1.43. The number of pyridine rings is 1. The summed E-state index contributed by atoms with van der Waals surface area (Å²) in [5, 5.41) is 9.13. The highest BCUT2D eigenvalue weighted by atomic mass is 35.5. The number of rotatable bonds is 4. The van der Waals surface area contributed by atoms with Gasteiger partial charge >= 0.3 is 0 Å². The van der Waals surface area contributed by atoms with Crippen LogP contribution in [0.4, 0.5) is 0 Å². The van der Waals surface area contributed by atoms with Crippen molar-refractivity contribution in [1.82, 2.24) is 9.88 Å². The predicted molar refractivity (Wildman–Crippen MR) is 60.4 cm³/mol. The molecule has 0 saturated carbocycles. The minimum atomic E-state index is 0.228. The van der Waals surface area contributed by atoms with E-state index >= 15 is 0 Å². The van der Waals surface area contributed by atoms with Crippen LogP contribution in [0.15, 0.2) is 18.3 Å². The first-order valence-electron chi connectivity index (χ1n) is 4.81. The van der Waals surface area contributed by atoms with Crippen LogP contribution in [0.25, 0.3) is 0 Å². The highest BCUT2D eigenvalue weighted by Gasteiger charge is 2.10. The van der Waals surface area contributed by atoms with Gasteiger partial charge in [-0.25, -0.2) is 4.98 Å². The molecule has 4 heteroatoms. The largest absolute Gasteiger partial charge is 0.298 e. The molecule has 1 aromatic rings. The van der Waals surface area contributed by atoms with E-state index in [2.05, 4.69) is 16.0 Å². The lowest BCUT2D eigenvalue weighted by atomic mass is 10.2. The van der Waals surface area contributed by atoms with Crippen LogP contribution in [0.3, 0.4) is 0 Å². The molecule has 1 rings (SSSR count). The zero-order chi connectivity index (χ0) is 11.3. The van der Waals surface area contributed by atoms with Gasteiger partial charge in [-0.05, 0) is 20.0 Å². The van der Waals surface area contributed by atoms with Gasteiger partial charge in [0.15, 0.2) is 0 Å². The monoisotopic (exact) mass is 223 g/mol. The van der Waals surface area contributed by atoms with Crippen molar-refractivity contribution in [3.8, 4) is 6.07 Å². The van der Waals surface area contributed by atoms with E-state index in [9.17, 15) is 0 Å². The Morgan fingerprint density at radius 3 is 3.00 bits per heavy atom. The molecular weight excluding hydrogens is 210 g/mol. The van der Waals surface area contributed by atoms with Crippen molar-refractivity contribution in [2.45, 2.75) is 25.9 Å². The number of hydrogen-bond acceptors (Lipinski definition) is 3. The smallest absolute Gasteiger partial charge is 0.133 e. The Kier molecular flexibility index (Phi) is 4.54. The first kappa shape index (κ1) is 12.0. The second-order valence-electron chi connectivity index (χ2n) is 3.58. The number of hydrogen-bond donors (Lipinski definition) is 0. The molecule has 0 spiro atoms. The molecule has 15 heavy (non-hydrogen) atoms. The van der Waals surface area contributed by atoms with Crippen LogP contribution in [-0.4, -0.2) is 23.0 Å². The van der Waals surface area contributed by atoms with Gasteiger partial charge in [-0.2, -0.15) is 5.26 Å². The molecule has 80 valence electrons. The molecule has 0 aliphatic carbocycles. The first-order valence-corrected chi connectivity index (χ1v) is 5.19. The standard InChI is InChI=1S/C11H14ClN3/c1-9(5-6-13)15(2)8-10-4-3-7-14-11(10)12/h3-4,7,9H,5,8H2,1-2H3. The fraction of sp³-hybridized carbons (Fsp3) is 0.455. The molecule has 3 nitrogen and oxygen atoms in total. The van der Waals surface area contributed by atoms with E-state index < -0.39 is 0 Å². The quantitative estimate of drug-likeness (QED) is 0.737. The molecule has 0 saturated heterocycles. The van der Waals surface area contributed by atoms with Gasteiger partial charge in [0, 0.05) is 24.3 Å². The van der Waals surface area contributed by atoms with E-state index in [-0.39, 0.29) is 6.04 Å². The average molecular weight is 224 g/mol. The molecule has 0 bridgehead atoms. The maximum atomic E-state index is 8.59. The number of nitriles is 1. The average Bonchev–Trinajstić information content (AvgIpc) is 2.21. The maximum Gasteiger partial charge on any atom is 0.133 e. The molecule has 0 aliphatic heterocycles. The molecule has 1 aromatic heterocycles. The predicted octanol–water partition coefficient (Wildman–Crippen LogP) is 2.47. The third-order valence-corrected chi connectivity index (χ3v) is 2.74. The summed E-state index contributed by atoms with van der Waals surface area (Å²) in [7, 11) is 1.98. The van der Waals surface area contributed by atoms with Crippen molar-refractivity contribution in [2.24, 2.45) is 0 Å². The zero-order valence-electron chi connectivity index (χ0n) is 8.94. The van der Waals surface area contributed by atoms with E-state index in [1.165, 1.54) is 0 Å². The summed E-state index contributed by atoms with van der Waals surface area (Å²) in [4.78, 5) is 6.10. The summed E-state index contributed by atoms with van der Waals surface area (Å²) >= 11 is 5.95. The van der Waals surface area contributed by atoms with Crippen molar-refractivity contribution < 1.29 is 0 Å². The summed E-state index contributed by atoms with van der Waals surface area (Å²) in [6, 6.07) is 6.20. The number of aromatic nitrogens is 1. The van der Waals surface area contributed by atoms with Gasteiger partial charge in [0.2, 0.25) is 0 Å². The van der Waals surface area contributed by atoms with Gasteiger partial charge in [-0.15, -0.1) is 0 Å². The summed E-state index contributed by atoms with van der Waals surface area (Å²) in [5.41, 5.74) is 0.992. The SMILES string of the molecule is CC(CC#N)N(C)Cc1cccnc1Cl. The Morgan fingerprint density at radius 2 is 2.40 bits per heavy atom. The molecule has 0 N–H and O–H groups in total. The molecular formula is C11H14ClN3. The summed E-state index contributed by atoms with van der Waals surface area (Å²) < 4.78 is 0. The second kappa shape index (κ2) is 5.69. The third-order valence-electron chi connectivity index (χ3n) is 2.40. The highest BCUT2D eigenvalue weighted by molar-refractivity contribution is 6.30. The van der Waals surface area contributed by atoms with Gasteiger partial charge in [-0.3, -0.25) is 4.90 Å². The summed E-state index contributed by atoms with van der Waals surface area (Å²) in [6.07, 6.45) is 2.19. The fourth-order valence-electron chi connectivity index (χ4n) is 1.25. The lowest BCUT2D eigenvalue weighted by molar-refractivity contribution is 0.252. The van der Waals surface area contributed by atoms with E-state index in [4.69, 9.17) is 16.9 Å². The molecule has 1 heterocycles. The van der Waals surface area contributed by atoms with Crippen molar-refractivity contribution in [2.75, 3.05) is 7.05 Å². The van der Waals surface area contributed by atoms with Gasteiger partial charge in [0.05, 0.1) is 12.5 Å². The second-order valence-corrected chi connectivity index (χ2v) is 3.94. The first-order chi connectivity index (χ1) is 7.15. The molecule has 1 atom stereocenters. The van der Waals surface area contributed by atoms with Crippen molar-refractivity contribution in [1.29, 1.82) is 5.26 Å². The Morgan fingerprint density at radius 1 is 1.67 bits per heavy atom. The molecule has 0 aliphatic rings. The summed E-state index contributed by atoms with van der Waals surface area (Å²) in [6.45, 7) is 2.74. The molecule has 0 radical (unpaired) electrons. The minimum absolute atomic E-state index is 0.228. The maximum absolute atomic E-state index is 8.59. The zero-order valence-corrected chi connectivity index (χ0v) is 9.70. The van der Waals surface area contributed by atoms with Gasteiger partial charge in [-0.1, -0.05) is 17.7 Å². The molecule has 0 fully saturated rings. The lowest BCUT2D eigenvalue weighted by Crippen LogP contribution is -2.28. The third kappa shape index (κ3) is 3.50. The Balaban J connectivity index is 2.63. The van der Waals surface area contributed by atoms with Crippen molar-refractivity contribution in [3.05, 3.63) is 29.0 Å². The number of nitrogens with zero attached hydrogens (tertiary/aromatic N) is 3. The van der Waals surface area contributed by atoms with Crippen LogP contribution in [0, 0.1) is 11.3 Å². The van der Waals surface area contributed by atoms with Gasteiger partial charge in [0.1, 0.15) is 5.15 Å². The van der Waals surface area contributed by atoms with E-state index in [1.807, 2.05) is 26.1 Å². The van der Waals surface area contributed by atoms with E-state index in [0.29, 0.717) is 11.6 Å². The topological polar surface area (TPSA) is 39.9 Å². The molecule has 0 aromatic carbocycles. The summed E-state index contributed by atoms with van der Waals surface area (Å²) in [5.74, 6) is 0. The highest BCUT2D eigenvalue weighted by Crippen LogP contribution is 2.15.